The predicted octanol–water partition coefficient (Wildman–Crippen LogP) is 1.32. The standard InChI is InChI=1S/C18H22N10/c1-12-19-20-14-5-7-17(24-27(12)14)26-10-8-13(9-11-26)18-22-21-15-4-6-16(25(2)3)23-28(15)18/h4-7,13H,8-11H2,1-3H3. The monoisotopic (exact) mass is 378 g/mol. The molecule has 0 unspecified atom stereocenters. The lowest BCUT2D eigenvalue weighted by molar-refractivity contribution is 0.474. The van der Waals surface area contributed by atoms with E-state index in [1.807, 2.05) is 54.7 Å². The van der Waals surface area contributed by atoms with Crippen molar-refractivity contribution < 1.29 is 0 Å². The summed E-state index contributed by atoms with van der Waals surface area (Å²) in [6, 6.07) is 7.91. The summed E-state index contributed by atoms with van der Waals surface area (Å²) in [5.41, 5.74) is 1.56. The van der Waals surface area contributed by atoms with Crippen LogP contribution < -0.4 is 9.80 Å². The van der Waals surface area contributed by atoms with Gasteiger partial charge in [-0.1, -0.05) is 0 Å². The second-order valence-electron chi connectivity index (χ2n) is 7.38. The summed E-state index contributed by atoms with van der Waals surface area (Å²) in [7, 11) is 3.97. The minimum atomic E-state index is 0.330. The Hall–Kier alpha value is -3.30. The van der Waals surface area contributed by atoms with Crippen molar-refractivity contribution in [3.8, 4) is 0 Å². The van der Waals surface area contributed by atoms with Gasteiger partial charge in [-0.15, -0.1) is 30.6 Å². The maximum absolute atomic E-state index is 4.70. The van der Waals surface area contributed by atoms with E-state index in [1.54, 1.807) is 4.52 Å². The molecule has 0 radical (unpaired) electrons. The fourth-order valence-corrected chi connectivity index (χ4v) is 3.71. The van der Waals surface area contributed by atoms with Gasteiger partial charge in [0, 0.05) is 33.1 Å². The van der Waals surface area contributed by atoms with E-state index < -0.39 is 0 Å². The zero-order valence-corrected chi connectivity index (χ0v) is 16.2. The third-order valence-electron chi connectivity index (χ3n) is 5.32. The third kappa shape index (κ3) is 2.72. The van der Waals surface area contributed by atoms with E-state index in [2.05, 4.69) is 25.3 Å². The zero-order chi connectivity index (χ0) is 19.3. The second-order valence-corrected chi connectivity index (χ2v) is 7.38. The van der Waals surface area contributed by atoms with Crippen LogP contribution in [-0.4, -0.2) is 66.8 Å². The summed E-state index contributed by atoms with van der Waals surface area (Å²) in [5.74, 6) is 3.91. The van der Waals surface area contributed by atoms with Gasteiger partial charge in [0.1, 0.15) is 11.6 Å². The van der Waals surface area contributed by atoms with Crippen molar-refractivity contribution in [2.24, 2.45) is 0 Å². The normalized spacial score (nSPS) is 15.6. The molecule has 28 heavy (non-hydrogen) atoms. The Morgan fingerprint density at radius 2 is 1.57 bits per heavy atom. The highest BCUT2D eigenvalue weighted by Crippen LogP contribution is 2.29. The molecule has 10 nitrogen and oxygen atoms in total. The summed E-state index contributed by atoms with van der Waals surface area (Å²) >= 11 is 0. The predicted molar refractivity (Wildman–Crippen MR) is 105 cm³/mol. The topological polar surface area (TPSA) is 92.6 Å². The van der Waals surface area contributed by atoms with E-state index in [1.165, 1.54) is 0 Å². The van der Waals surface area contributed by atoms with Gasteiger partial charge >= 0.3 is 0 Å². The highest BCUT2D eigenvalue weighted by molar-refractivity contribution is 5.47. The first-order chi connectivity index (χ1) is 13.6. The van der Waals surface area contributed by atoms with Gasteiger partial charge < -0.3 is 9.80 Å². The second kappa shape index (κ2) is 6.39. The molecule has 1 saturated heterocycles. The average molecular weight is 378 g/mol. The van der Waals surface area contributed by atoms with Gasteiger partial charge in [-0.2, -0.15) is 9.03 Å². The Balaban J connectivity index is 1.37. The van der Waals surface area contributed by atoms with Crippen LogP contribution in [0.4, 0.5) is 11.6 Å². The molecule has 10 heteroatoms. The molecule has 0 N–H and O–H groups in total. The van der Waals surface area contributed by atoms with Crippen LogP contribution in [0.5, 0.6) is 0 Å². The average Bonchev–Trinajstić information content (AvgIpc) is 3.31. The van der Waals surface area contributed by atoms with Gasteiger partial charge in [0.2, 0.25) is 0 Å². The SMILES string of the molecule is Cc1nnc2ccc(N3CCC(c4nnc5ccc(N(C)C)nn45)CC3)nn12. The lowest BCUT2D eigenvalue weighted by Crippen LogP contribution is -2.34. The fourth-order valence-electron chi connectivity index (χ4n) is 3.71. The van der Waals surface area contributed by atoms with Crippen LogP contribution in [0.25, 0.3) is 11.3 Å². The maximum Gasteiger partial charge on any atom is 0.178 e. The first-order valence-electron chi connectivity index (χ1n) is 9.44. The number of anilines is 2. The van der Waals surface area contributed by atoms with Gasteiger partial charge in [0.25, 0.3) is 0 Å². The van der Waals surface area contributed by atoms with Crippen LogP contribution in [0, 0.1) is 6.92 Å². The summed E-state index contributed by atoms with van der Waals surface area (Å²) in [6.45, 7) is 3.73. The molecule has 0 atom stereocenters. The Morgan fingerprint density at radius 3 is 2.36 bits per heavy atom. The number of nitrogens with zero attached hydrogens (tertiary/aromatic N) is 10. The molecule has 5 heterocycles. The number of hydrogen-bond acceptors (Lipinski definition) is 8. The molecule has 4 aromatic rings. The lowest BCUT2D eigenvalue weighted by Gasteiger charge is -2.31. The molecule has 144 valence electrons. The van der Waals surface area contributed by atoms with Gasteiger partial charge in [0.05, 0.1) is 0 Å². The minimum absolute atomic E-state index is 0.330. The van der Waals surface area contributed by atoms with E-state index >= 15 is 0 Å². The highest BCUT2D eigenvalue weighted by atomic mass is 15.4. The molecule has 0 bridgehead atoms. The molecule has 1 aliphatic rings. The van der Waals surface area contributed by atoms with Crippen LogP contribution in [-0.2, 0) is 0 Å². The van der Waals surface area contributed by atoms with Crippen molar-refractivity contribution in [1.29, 1.82) is 0 Å². The first-order valence-corrected chi connectivity index (χ1v) is 9.44. The fraction of sp³-hybridized carbons (Fsp3) is 0.444. The molecule has 1 aliphatic heterocycles. The molecular formula is C18H22N10. The van der Waals surface area contributed by atoms with E-state index in [0.717, 1.165) is 60.5 Å². The number of hydrogen-bond donors (Lipinski definition) is 0. The summed E-state index contributed by atoms with van der Waals surface area (Å²) in [6.07, 6.45) is 1.96. The van der Waals surface area contributed by atoms with Gasteiger partial charge in [0.15, 0.2) is 22.9 Å². The number of aryl methyl sites for hydroxylation is 1. The molecule has 0 aliphatic carbocycles. The van der Waals surface area contributed by atoms with Crippen molar-refractivity contribution in [3.63, 3.8) is 0 Å². The van der Waals surface area contributed by atoms with Gasteiger partial charge in [-0.3, -0.25) is 0 Å². The number of rotatable bonds is 3. The molecule has 0 amide bonds. The Labute approximate surface area is 161 Å². The molecule has 0 saturated carbocycles. The lowest BCUT2D eigenvalue weighted by atomic mass is 9.96. The van der Waals surface area contributed by atoms with Crippen LogP contribution in [0.15, 0.2) is 24.3 Å². The van der Waals surface area contributed by atoms with E-state index in [9.17, 15) is 0 Å². The largest absolute Gasteiger partial charge is 0.361 e. The van der Waals surface area contributed by atoms with Crippen LogP contribution in [0.3, 0.4) is 0 Å². The molecule has 5 rings (SSSR count). The Bertz CT molecular complexity index is 1140. The van der Waals surface area contributed by atoms with Crippen molar-refractivity contribution in [2.45, 2.75) is 25.7 Å². The Morgan fingerprint density at radius 1 is 0.857 bits per heavy atom. The van der Waals surface area contributed by atoms with E-state index in [4.69, 9.17) is 10.2 Å². The number of fused-ring (bicyclic) bond motifs is 2. The summed E-state index contributed by atoms with van der Waals surface area (Å²) in [5, 5.41) is 26.3. The van der Waals surface area contributed by atoms with Crippen LogP contribution >= 0.6 is 0 Å². The third-order valence-corrected chi connectivity index (χ3v) is 5.32. The highest BCUT2D eigenvalue weighted by Gasteiger charge is 2.26. The van der Waals surface area contributed by atoms with Crippen molar-refractivity contribution >= 4 is 22.9 Å². The summed E-state index contributed by atoms with van der Waals surface area (Å²) < 4.78 is 3.68. The molecule has 4 aromatic heterocycles. The molecular weight excluding hydrogens is 356 g/mol. The maximum atomic E-state index is 4.70. The molecule has 0 spiro atoms. The number of piperidine rings is 1. The van der Waals surface area contributed by atoms with Gasteiger partial charge in [-0.25, -0.2) is 0 Å². The molecule has 1 fully saturated rings. The van der Waals surface area contributed by atoms with E-state index in [0.29, 0.717) is 5.92 Å². The van der Waals surface area contributed by atoms with Crippen molar-refractivity contribution in [2.75, 3.05) is 37.0 Å². The Kier molecular flexibility index (Phi) is 3.85. The smallest absolute Gasteiger partial charge is 0.178 e. The van der Waals surface area contributed by atoms with Crippen LogP contribution in [0.2, 0.25) is 0 Å². The number of aromatic nitrogens is 8. The summed E-state index contributed by atoms with van der Waals surface area (Å²) in [4.78, 5) is 4.29. The molecule has 0 aromatic carbocycles. The zero-order valence-electron chi connectivity index (χ0n) is 16.2. The quantitative estimate of drug-likeness (QED) is 0.527. The van der Waals surface area contributed by atoms with Crippen LogP contribution in [0.1, 0.15) is 30.4 Å². The first kappa shape index (κ1) is 16.8. The van der Waals surface area contributed by atoms with Gasteiger partial charge in [-0.05, 0) is 44.0 Å². The van der Waals surface area contributed by atoms with Crippen molar-refractivity contribution in [3.05, 3.63) is 35.9 Å². The minimum Gasteiger partial charge on any atom is -0.361 e. The van der Waals surface area contributed by atoms with E-state index in [-0.39, 0.29) is 0 Å². The van der Waals surface area contributed by atoms with Crippen molar-refractivity contribution in [1.82, 2.24) is 39.6 Å².